The van der Waals surface area contributed by atoms with E-state index in [4.69, 9.17) is 0 Å². The molecule has 2 heteroatoms. The number of nitrogens with zero attached hydrogens (tertiary/aromatic N) is 2. The highest BCUT2D eigenvalue weighted by Crippen LogP contribution is 2.14. The summed E-state index contributed by atoms with van der Waals surface area (Å²) in [5, 5.41) is 8.10. The molecular formula is C9H14N2. The molecule has 0 fully saturated rings. The van der Waals surface area contributed by atoms with Gasteiger partial charge in [0, 0.05) is 0 Å². The fourth-order valence-electron chi connectivity index (χ4n) is 0.881. The zero-order chi connectivity index (χ0) is 8.27. The molecule has 0 aromatic carbocycles. The van der Waals surface area contributed by atoms with Gasteiger partial charge < -0.3 is 0 Å². The van der Waals surface area contributed by atoms with Crippen LogP contribution in [0.25, 0.3) is 0 Å². The Morgan fingerprint density at radius 1 is 1.36 bits per heavy atom. The smallest absolute Gasteiger partial charge is 0.0659 e. The molecule has 1 atom stereocenters. The molecular weight excluding hydrogens is 136 g/mol. The topological polar surface area (TPSA) is 25.8 Å². The number of aryl methyl sites for hydroxylation is 1. The van der Waals surface area contributed by atoms with Crippen molar-refractivity contribution in [1.82, 2.24) is 10.2 Å². The fourth-order valence-corrected chi connectivity index (χ4v) is 0.881. The van der Waals surface area contributed by atoms with Crippen molar-refractivity contribution < 1.29 is 0 Å². The van der Waals surface area contributed by atoms with E-state index < -0.39 is 0 Å². The highest BCUT2D eigenvalue weighted by Gasteiger charge is 2.03. The van der Waals surface area contributed by atoms with E-state index >= 15 is 0 Å². The van der Waals surface area contributed by atoms with Crippen molar-refractivity contribution in [3.63, 3.8) is 0 Å². The Balaban J connectivity index is 2.81. The Kier molecular flexibility index (Phi) is 2.58. The summed E-state index contributed by atoms with van der Waals surface area (Å²) in [5.41, 5.74) is 2.08. The van der Waals surface area contributed by atoms with Gasteiger partial charge in [-0.1, -0.05) is 13.8 Å². The lowest BCUT2D eigenvalue weighted by molar-refractivity contribution is 0.687. The molecule has 0 aliphatic rings. The first kappa shape index (κ1) is 8.18. The average Bonchev–Trinajstić information content (AvgIpc) is 2.05. The molecule has 1 aromatic rings. The molecule has 1 rings (SSSR count). The van der Waals surface area contributed by atoms with Gasteiger partial charge in [0.15, 0.2) is 0 Å². The lowest BCUT2D eigenvalue weighted by Gasteiger charge is -2.05. The number of hydrogen-bond acceptors (Lipinski definition) is 2. The minimum Gasteiger partial charge on any atom is -0.156 e. The monoisotopic (exact) mass is 150 g/mol. The highest BCUT2D eigenvalue weighted by atomic mass is 15.1. The molecule has 0 N–H and O–H groups in total. The maximum Gasteiger partial charge on any atom is 0.0659 e. The second-order valence-corrected chi connectivity index (χ2v) is 2.91. The second-order valence-electron chi connectivity index (χ2n) is 2.91. The normalized spacial score (nSPS) is 13.0. The Labute approximate surface area is 67.7 Å². The van der Waals surface area contributed by atoms with Crippen LogP contribution in [-0.2, 0) is 0 Å². The van der Waals surface area contributed by atoms with E-state index in [9.17, 15) is 0 Å². The summed E-state index contributed by atoms with van der Waals surface area (Å²) in [5.74, 6) is 0.531. The summed E-state index contributed by atoms with van der Waals surface area (Å²) in [6, 6.07) is 4.06. The molecule has 2 nitrogen and oxygen atoms in total. The van der Waals surface area contributed by atoms with Crippen LogP contribution in [0.5, 0.6) is 0 Å². The van der Waals surface area contributed by atoms with Gasteiger partial charge in [0.25, 0.3) is 0 Å². The minimum absolute atomic E-state index is 0.531. The first-order valence-electron chi connectivity index (χ1n) is 4.04. The SMILES string of the molecule is CCC(C)c1ccc(C)nn1. The van der Waals surface area contributed by atoms with E-state index in [0.717, 1.165) is 17.8 Å². The first-order valence-corrected chi connectivity index (χ1v) is 4.04. The van der Waals surface area contributed by atoms with Crippen molar-refractivity contribution in [2.75, 3.05) is 0 Å². The van der Waals surface area contributed by atoms with Crippen LogP contribution >= 0.6 is 0 Å². The third-order valence-corrected chi connectivity index (χ3v) is 1.94. The van der Waals surface area contributed by atoms with Crippen LogP contribution in [0.3, 0.4) is 0 Å². The van der Waals surface area contributed by atoms with Gasteiger partial charge >= 0.3 is 0 Å². The summed E-state index contributed by atoms with van der Waals surface area (Å²) < 4.78 is 0. The quantitative estimate of drug-likeness (QED) is 0.646. The van der Waals surface area contributed by atoms with Crippen LogP contribution < -0.4 is 0 Å². The fraction of sp³-hybridized carbons (Fsp3) is 0.556. The predicted molar refractivity (Wildman–Crippen MR) is 45.5 cm³/mol. The van der Waals surface area contributed by atoms with E-state index in [-0.39, 0.29) is 0 Å². The summed E-state index contributed by atoms with van der Waals surface area (Å²) in [7, 11) is 0. The van der Waals surface area contributed by atoms with Crippen molar-refractivity contribution >= 4 is 0 Å². The van der Waals surface area contributed by atoms with Gasteiger partial charge in [-0.25, -0.2) is 0 Å². The van der Waals surface area contributed by atoms with Crippen molar-refractivity contribution in [3.8, 4) is 0 Å². The van der Waals surface area contributed by atoms with Crippen LogP contribution in [0.15, 0.2) is 12.1 Å². The maximum absolute atomic E-state index is 4.10. The Hall–Kier alpha value is -0.920. The van der Waals surface area contributed by atoms with Crippen molar-refractivity contribution in [3.05, 3.63) is 23.5 Å². The molecule has 0 aliphatic carbocycles. The molecule has 0 saturated heterocycles. The zero-order valence-corrected chi connectivity index (χ0v) is 7.33. The summed E-state index contributed by atoms with van der Waals surface area (Å²) in [6.07, 6.45) is 1.12. The summed E-state index contributed by atoms with van der Waals surface area (Å²) in [6.45, 7) is 6.28. The number of hydrogen-bond donors (Lipinski definition) is 0. The largest absolute Gasteiger partial charge is 0.156 e. The standard InChI is InChI=1S/C9H14N2/c1-4-7(2)9-6-5-8(3)10-11-9/h5-7H,4H2,1-3H3. The third-order valence-electron chi connectivity index (χ3n) is 1.94. The van der Waals surface area contributed by atoms with Gasteiger partial charge in [-0.3, -0.25) is 0 Å². The van der Waals surface area contributed by atoms with E-state index in [2.05, 4.69) is 30.1 Å². The maximum atomic E-state index is 4.10. The average molecular weight is 150 g/mol. The number of aromatic nitrogens is 2. The predicted octanol–water partition coefficient (Wildman–Crippen LogP) is 2.30. The van der Waals surface area contributed by atoms with Gasteiger partial charge in [0.1, 0.15) is 0 Å². The minimum atomic E-state index is 0.531. The third kappa shape index (κ3) is 2.00. The Morgan fingerprint density at radius 3 is 2.55 bits per heavy atom. The molecule has 0 amide bonds. The van der Waals surface area contributed by atoms with Crippen molar-refractivity contribution in [2.24, 2.45) is 0 Å². The summed E-state index contributed by atoms with van der Waals surface area (Å²) in [4.78, 5) is 0. The molecule has 1 heterocycles. The van der Waals surface area contributed by atoms with E-state index in [1.54, 1.807) is 0 Å². The van der Waals surface area contributed by atoms with Gasteiger partial charge in [0.2, 0.25) is 0 Å². The van der Waals surface area contributed by atoms with Gasteiger partial charge in [-0.05, 0) is 31.4 Å². The van der Waals surface area contributed by atoms with Crippen LogP contribution in [0, 0.1) is 6.92 Å². The van der Waals surface area contributed by atoms with Gasteiger partial charge in [0.05, 0.1) is 11.4 Å². The molecule has 0 saturated carbocycles. The zero-order valence-electron chi connectivity index (χ0n) is 7.33. The number of rotatable bonds is 2. The molecule has 0 aliphatic heterocycles. The van der Waals surface area contributed by atoms with E-state index in [1.807, 2.05) is 13.0 Å². The van der Waals surface area contributed by atoms with Gasteiger partial charge in [-0.15, -0.1) is 0 Å². The molecule has 0 spiro atoms. The highest BCUT2D eigenvalue weighted by molar-refractivity contribution is 5.08. The van der Waals surface area contributed by atoms with Crippen LogP contribution in [0.1, 0.15) is 37.6 Å². The molecule has 1 unspecified atom stereocenters. The van der Waals surface area contributed by atoms with Crippen molar-refractivity contribution in [1.29, 1.82) is 0 Å². The van der Waals surface area contributed by atoms with Crippen LogP contribution in [0.2, 0.25) is 0 Å². The van der Waals surface area contributed by atoms with Crippen LogP contribution in [0.4, 0.5) is 0 Å². The lowest BCUT2D eigenvalue weighted by atomic mass is 10.1. The van der Waals surface area contributed by atoms with Crippen molar-refractivity contribution in [2.45, 2.75) is 33.1 Å². The molecule has 1 aromatic heterocycles. The Morgan fingerprint density at radius 2 is 2.09 bits per heavy atom. The van der Waals surface area contributed by atoms with E-state index in [1.165, 1.54) is 0 Å². The Bertz CT molecular complexity index is 216. The lowest BCUT2D eigenvalue weighted by Crippen LogP contribution is -1.97. The van der Waals surface area contributed by atoms with Gasteiger partial charge in [-0.2, -0.15) is 10.2 Å². The summed E-state index contributed by atoms with van der Waals surface area (Å²) >= 11 is 0. The van der Waals surface area contributed by atoms with Crippen LogP contribution in [-0.4, -0.2) is 10.2 Å². The molecule has 0 radical (unpaired) electrons. The second kappa shape index (κ2) is 3.46. The molecule has 0 bridgehead atoms. The molecule has 11 heavy (non-hydrogen) atoms. The van der Waals surface area contributed by atoms with E-state index in [0.29, 0.717) is 5.92 Å². The first-order chi connectivity index (χ1) is 5.24. The molecule has 60 valence electrons.